The molecule has 0 heterocycles. The van der Waals surface area contributed by atoms with E-state index in [1.165, 1.54) is 7.11 Å². The Morgan fingerprint density at radius 1 is 1.37 bits per heavy atom. The van der Waals surface area contributed by atoms with Crippen LogP contribution in [0.5, 0.6) is 0 Å². The van der Waals surface area contributed by atoms with Crippen LogP contribution in [0.15, 0.2) is 0 Å². The lowest BCUT2D eigenvalue weighted by Gasteiger charge is -2.28. The predicted octanol–water partition coefficient (Wildman–Crippen LogP) is -0.193. The van der Waals surface area contributed by atoms with E-state index in [9.17, 15) is 18.0 Å². The Hall–Kier alpha value is -1.15. The minimum absolute atomic E-state index is 0.0337. The molecule has 0 saturated carbocycles. The highest BCUT2D eigenvalue weighted by molar-refractivity contribution is 7.90. The highest BCUT2D eigenvalue weighted by Gasteiger charge is 2.29. The zero-order chi connectivity index (χ0) is 15.1. The number of amides is 1. The number of sulfone groups is 1. The van der Waals surface area contributed by atoms with Crippen LogP contribution in [0.25, 0.3) is 0 Å². The van der Waals surface area contributed by atoms with E-state index >= 15 is 0 Å². The summed E-state index contributed by atoms with van der Waals surface area (Å²) >= 11 is 0. The normalized spacial score (nSPS) is 14.7. The van der Waals surface area contributed by atoms with E-state index in [0.29, 0.717) is 0 Å². The second kappa shape index (κ2) is 7.44. The third-order valence-electron chi connectivity index (χ3n) is 2.36. The van der Waals surface area contributed by atoms with E-state index in [4.69, 9.17) is 9.84 Å². The Kier molecular flexibility index (Phi) is 6.99. The lowest BCUT2D eigenvalue weighted by atomic mass is 9.98. The number of methoxy groups -OCH3 is 1. The Balaban J connectivity index is 4.35. The van der Waals surface area contributed by atoms with Gasteiger partial charge in [-0.2, -0.15) is 0 Å². The van der Waals surface area contributed by atoms with Gasteiger partial charge in [0.05, 0.1) is 24.3 Å². The number of carboxylic acids is 1. The van der Waals surface area contributed by atoms with Gasteiger partial charge in [-0.3, -0.25) is 9.59 Å². The van der Waals surface area contributed by atoms with Crippen molar-refractivity contribution in [2.24, 2.45) is 0 Å². The molecule has 1 amide bonds. The van der Waals surface area contributed by atoms with Crippen LogP contribution in [0, 0.1) is 0 Å². The molecule has 0 bridgehead atoms. The van der Waals surface area contributed by atoms with Gasteiger partial charge in [0.25, 0.3) is 0 Å². The van der Waals surface area contributed by atoms with Crippen LogP contribution in [0.4, 0.5) is 0 Å². The molecule has 112 valence electrons. The van der Waals surface area contributed by atoms with Crippen molar-refractivity contribution in [1.82, 2.24) is 5.32 Å². The van der Waals surface area contributed by atoms with Crippen LogP contribution in [0.1, 0.15) is 26.2 Å². The fourth-order valence-electron chi connectivity index (χ4n) is 1.68. The number of hydrogen-bond donors (Lipinski definition) is 2. The Morgan fingerprint density at radius 2 is 1.95 bits per heavy atom. The molecular formula is C11H21NO6S. The summed E-state index contributed by atoms with van der Waals surface area (Å²) in [5, 5.41) is 11.4. The maximum atomic E-state index is 11.6. The fraction of sp³-hybridized carbons (Fsp3) is 0.818. The third kappa shape index (κ3) is 9.43. The van der Waals surface area contributed by atoms with Gasteiger partial charge >= 0.3 is 5.97 Å². The van der Waals surface area contributed by atoms with Crippen LogP contribution in [0.2, 0.25) is 0 Å². The van der Waals surface area contributed by atoms with Gasteiger partial charge in [-0.1, -0.05) is 0 Å². The second-order valence-electron chi connectivity index (χ2n) is 4.85. The number of ether oxygens (including phenoxy) is 1. The highest BCUT2D eigenvalue weighted by Crippen LogP contribution is 2.11. The van der Waals surface area contributed by atoms with E-state index in [1.54, 1.807) is 6.92 Å². The van der Waals surface area contributed by atoms with E-state index in [-0.39, 0.29) is 37.5 Å². The van der Waals surface area contributed by atoms with Gasteiger partial charge in [-0.05, 0) is 13.3 Å². The first-order valence-electron chi connectivity index (χ1n) is 5.77. The summed E-state index contributed by atoms with van der Waals surface area (Å²) in [5.41, 5.74) is -0.997. The lowest BCUT2D eigenvalue weighted by Crippen LogP contribution is -2.50. The molecule has 2 N–H and O–H groups in total. The zero-order valence-corrected chi connectivity index (χ0v) is 12.2. The number of carbonyl (C=O) groups is 2. The first kappa shape index (κ1) is 17.8. The third-order valence-corrected chi connectivity index (χ3v) is 3.39. The summed E-state index contributed by atoms with van der Waals surface area (Å²) in [6.07, 6.45) is 1.08. The van der Waals surface area contributed by atoms with Gasteiger partial charge < -0.3 is 15.2 Å². The maximum Gasteiger partial charge on any atom is 0.305 e. The van der Waals surface area contributed by atoms with Crippen LogP contribution in [-0.2, 0) is 24.2 Å². The van der Waals surface area contributed by atoms with Crippen molar-refractivity contribution in [3.05, 3.63) is 0 Å². The Bertz CT molecular complexity index is 419. The van der Waals surface area contributed by atoms with Crippen molar-refractivity contribution in [1.29, 1.82) is 0 Å². The monoisotopic (exact) mass is 295 g/mol. The van der Waals surface area contributed by atoms with Gasteiger partial charge in [-0.25, -0.2) is 8.42 Å². The molecule has 1 atom stereocenters. The van der Waals surface area contributed by atoms with Crippen molar-refractivity contribution in [3.8, 4) is 0 Å². The molecule has 0 aromatic carbocycles. The topological polar surface area (TPSA) is 110 Å². The standard InChI is InChI=1S/C11H21NO6S/c1-11(8-18-2,7-10(14)15)12-9(13)5-4-6-19(3,16)17/h4-8H2,1-3H3,(H,12,13)(H,14,15). The zero-order valence-electron chi connectivity index (χ0n) is 11.4. The molecule has 0 aliphatic heterocycles. The average Bonchev–Trinajstić information content (AvgIpc) is 2.12. The van der Waals surface area contributed by atoms with E-state index in [0.717, 1.165) is 6.26 Å². The smallest absolute Gasteiger partial charge is 0.305 e. The molecule has 0 rings (SSSR count). The molecule has 7 nitrogen and oxygen atoms in total. The van der Waals surface area contributed by atoms with Gasteiger partial charge in [0, 0.05) is 19.8 Å². The quantitative estimate of drug-likeness (QED) is 0.610. The number of aliphatic carboxylic acids is 1. The summed E-state index contributed by atoms with van der Waals surface area (Å²) < 4.78 is 26.7. The summed E-state index contributed by atoms with van der Waals surface area (Å²) in [6, 6.07) is 0. The maximum absolute atomic E-state index is 11.6. The molecule has 0 aromatic heterocycles. The largest absolute Gasteiger partial charge is 0.481 e. The van der Waals surface area contributed by atoms with Crippen LogP contribution in [-0.4, -0.2) is 56.7 Å². The van der Waals surface area contributed by atoms with Crippen LogP contribution >= 0.6 is 0 Å². The van der Waals surface area contributed by atoms with Gasteiger partial charge in [0.1, 0.15) is 9.84 Å². The number of carboxylic acid groups (broad SMARTS) is 1. The average molecular weight is 295 g/mol. The lowest BCUT2D eigenvalue weighted by molar-refractivity contribution is -0.139. The molecule has 0 aromatic rings. The summed E-state index contributed by atoms with van der Waals surface area (Å²) in [5.74, 6) is -1.50. The molecular weight excluding hydrogens is 274 g/mol. The first-order chi connectivity index (χ1) is 8.58. The fourth-order valence-corrected chi connectivity index (χ4v) is 2.35. The molecule has 0 radical (unpaired) electrons. The van der Waals surface area contributed by atoms with Crippen LogP contribution < -0.4 is 5.32 Å². The molecule has 0 fully saturated rings. The van der Waals surface area contributed by atoms with Crippen molar-refractivity contribution in [3.63, 3.8) is 0 Å². The number of rotatable bonds is 9. The molecule has 19 heavy (non-hydrogen) atoms. The molecule has 0 saturated heterocycles. The van der Waals surface area contributed by atoms with E-state index in [1.807, 2.05) is 0 Å². The summed E-state index contributed by atoms with van der Waals surface area (Å²) in [4.78, 5) is 22.4. The van der Waals surface area contributed by atoms with Crippen LogP contribution in [0.3, 0.4) is 0 Å². The Labute approximate surface area is 113 Å². The first-order valence-corrected chi connectivity index (χ1v) is 7.83. The van der Waals surface area contributed by atoms with Gasteiger partial charge in [0.2, 0.25) is 5.91 Å². The number of nitrogens with one attached hydrogen (secondary N) is 1. The molecule has 0 aliphatic rings. The van der Waals surface area contributed by atoms with Crippen molar-refractivity contribution < 1.29 is 27.9 Å². The summed E-state index contributed by atoms with van der Waals surface area (Å²) in [6.45, 7) is 1.64. The number of carbonyl (C=O) groups excluding carboxylic acids is 1. The predicted molar refractivity (Wildman–Crippen MR) is 69.6 cm³/mol. The van der Waals surface area contributed by atoms with Crippen molar-refractivity contribution in [2.45, 2.75) is 31.7 Å². The summed E-state index contributed by atoms with van der Waals surface area (Å²) in [7, 11) is -1.68. The number of hydrogen-bond acceptors (Lipinski definition) is 5. The highest BCUT2D eigenvalue weighted by atomic mass is 32.2. The van der Waals surface area contributed by atoms with E-state index in [2.05, 4.69) is 5.32 Å². The van der Waals surface area contributed by atoms with Crippen molar-refractivity contribution >= 4 is 21.7 Å². The SMILES string of the molecule is COCC(C)(CC(=O)O)NC(=O)CCCS(C)(=O)=O. The van der Waals surface area contributed by atoms with Gasteiger partial charge in [0.15, 0.2) is 0 Å². The van der Waals surface area contributed by atoms with Gasteiger partial charge in [-0.15, -0.1) is 0 Å². The van der Waals surface area contributed by atoms with Crippen molar-refractivity contribution in [2.75, 3.05) is 25.7 Å². The minimum Gasteiger partial charge on any atom is -0.481 e. The van der Waals surface area contributed by atoms with E-state index < -0.39 is 21.3 Å². The molecule has 1 unspecified atom stereocenters. The molecule has 0 aliphatic carbocycles. The molecule has 0 spiro atoms. The second-order valence-corrected chi connectivity index (χ2v) is 7.11. The molecule has 8 heteroatoms. The minimum atomic E-state index is -3.09. The Morgan fingerprint density at radius 3 is 2.37 bits per heavy atom.